The van der Waals surface area contributed by atoms with Gasteiger partial charge in [0, 0.05) is 4.90 Å². The summed E-state index contributed by atoms with van der Waals surface area (Å²) in [5, 5.41) is 2.74. The van der Waals surface area contributed by atoms with E-state index in [0.29, 0.717) is 0 Å². The van der Waals surface area contributed by atoms with Crippen molar-refractivity contribution >= 4 is 22.5 Å². The van der Waals surface area contributed by atoms with Gasteiger partial charge in [-0.15, -0.1) is 11.8 Å². The van der Waals surface area contributed by atoms with Crippen molar-refractivity contribution in [3.05, 3.63) is 42.0 Å². The maximum Gasteiger partial charge on any atom is 0.0150 e. The number of benzene rings is 2. The summed E-state index contributed by atoms with van der Waals surface area (Å²) < 4.78 is 0. The lowest BCUT2D eigenvalue weighted by atomic mass is 10.1. The van der Waals surface area contributed by atoms with Gasteiger partial charge in [-0.25, -0.2) is 0 Å². The Morgan fingerprint density at radius 2 is 1.35 bits per heavy atom. The summed E-state index contributed by atoms with van der Waals surface area (Å²) in [7, 11) is 0. The highest BCUT2D eigenvalue weighted by atomic mass is 32.2. The molecule has 0 aliphatic rings. The molecule has 0 aromatic heterocycles. The molecular formula is C16H24S. The van der Waals surface area contributed by atoms with Crippen LogP contribution in [-0.4, -0.2) is 6.26 Å². The fraction of sp³-hybridized carbons (Fsp3) is 0.375. The molecule has 0 nitrogen and oxygen atoms in total. The van der Waals surface area contributed by atoms with Crippen molar-refractivity contribution in [1.29, 1.82) is 0 Å². The van der Waals surface area contributed by atoms with E-state index in [1.54, 1.807) is 0 Å². The summed E-state index contributed by atoms with van der Waals surface area (Å²) in [4.78, 5) is 1.37. The molecule has 0 unspecified atom stereocenters. The van der Waals surface area contributed by atoms with Gasteiger partial charge in [0.2, 0.25) is 0 Å². The van der Waals surface area contributed by atoms with E-state index in [9.17, 15) is 0 Å². The number of thioether (sulfide) groups is 1. The van der Waals surface area contributed by atoms with E-state index >= 15 is 0 Å². The fourth-order valence-electron chi connectivity index (χ4n) is 1.66. The molecule has 17 heavy (non-hydrogen) atoms. The maximum absolute atomic E-state index is 2.18. The zero-order valence-corrected chi connectivity index (χ0v) is 12.7. The first kappa shape index (κ1) is 16.1. The molecule has 2 aromatic carbocycles. The Morgan fingerprint density at radius 3 is 1.88 bits per heavy atom. The molecule has 2 aromatic rings. The van der Waals surface area contributed by atoms with Gasteiger partial charge in [0.25, 0.3) is 0 Å². The van der Waals surface area contributed by atoms with E-state index in [-0.39, 0.29) is 0 Å². The molecule has 0 aliphatic carbocycles. The molecule has 0 fully saturated rings. The highest BCUT2D eigenvalue weighted by Crippen LogP contribution is 2.28. The van der Waals surface area contributed by atoms with E-state index in [0.717, 1.165) is 0 Å². The summed E-state index contributed by atoms with van der Waals surface area (Å²) in [6, 6.07) is 12.9. The van der Waals surface area contributed by atoms with Crippen molar-refractivity contribution in [1.82, 2.24) is 0 Å². The molecule has 2 rings (SSSR count). The lowest BCUT2D eigenvalue weighted by Crippen LogP contribution is -1.80. The molecule has 0 aliphatic heterocycles. The normalized spacial score (nSPS) is 8.82. The van der Waals surface area contributed by atoms with Gasteiger partial charge >= 0.3 is 0 Å². The largest absolute Gasteiger partial charge is 0.129 e. The minimum atomic E-state index is 1.34. The molecule has 0 bridgehead atoms. The minimum Gasteiger partial charge on any atom is -0.129 e. The Kier molecular flexibility index (Phi) is 8.61. The summed E-state index contributed by atoms with van der Waals surface area (Å²) in [6.07, 6.45) is 2.13. The van der Waals surface area contributed by atoms with Crippen LogP contribution >= 0.6 is 11.8 Å². The highest BCUT2D eigenvalue weighted by molar-refractivity contribution is 7.98. The average Bonchev–Trinajstić information content (AvgIpc) is 2.43. The smallest absolute Gasteiger partial charge is 0.0150 e. The number of aryl methyl sites for hydroxylation is 1. The van der Waals surface area contributed by atoms with Crippen LogP contribution in [0.25, 0.3) is 10.8 Å². The van der Waals surface area contributed by atoms with E-state index in [1.165, 1.54) is 21.2 Å². The van der Waals surface area contributed by atoms with Gasteiger partial charge in [0.1, 0.15) is 0 Å². The SMILES string of the molecule is CC.CC.CSc1cccc2cccc(C)c12. The Morgan fingerprint density at radius 1 is 0.824 bits per heavy atom. The lowest BCUT2D eigenvalue weighted by Gasteiger charge is -2.05. The molecule has 0 N–H and O–H groups in total. The maximum atomic E-state index is 2.18. The Labute approximate surface area is 110 Å². The van der Waals surface area contributed by atoms with Crippen molar-refractivity contribution in [2.24, 2.45) is 0 Å². The van der Waals surface area contributed by atoms with Crippen LogP contribution in [-0.2, 0) is 0 Å². The van der Waals surface area contributed by atoms with Crippen molar-refractivity contribution in [3.8, 4) is 0 Å². The van der Waals surface area contributed by atoms with Crippen molar-refractivity contribution in [2.45, 2.75) is 39.5 Å². The van der Waals surface area contributed by atoms with Crippen molar-refractivity contribution < 1.29 is 0 Å². The second kappa shape index (κ2) is 9.12. The van der Waals surface area contributed by atoms with Crippen molar-refractivity contribution in [2.75, 3.05) is 6.26 Å². The monoisotopic (exact) mass is 248 g/mol. The van der Waals surface area contributed by atoms with Gasteiger partial charge in [0.05, 0.1) is 0 Å². The van der Waals surface area contributed by atoms with Gasteiger partial charge in [0.15, 0.2) is 0 Å². The van der Waals surface area contributed by atoms with Crippen LogP contribution in [0.3, 0.4) is 0 Å². The predicted octanol–water partition coefficient (Wildman–Crippen LogP) is 5.92. The third-order valence-corrected chi connectivity index (χ3v) is 3.07. The average molecular weight is 248 g/mol. The number of fused-ring (bicyclic) bond motifs is 1. The molecule has 0 heterocycles. The Bertz CT molecular complexity index is 427. The quantitative estimate of drug-likeness (QED) is 0.564. The molecule has 0 atom stereocenters. The van der Waals surface area contributed by atoms with Crippen LogP contribution in [0.4, 0.5) is 0 Å². The molecule has 0 saturated heterocycles. The standard InChI is InChI=1S/C12H12S.2C2H6/c1-9-5-3-6-10-7-4-8-11(13-2)12(9)10;2*1-2/h3-8H,1-2H3;2*1-2H3. The minimum absolute atomic E-state index is 1.34. The van der Waals surface area contributed by atoms with Crippen LogP contribution in [0.1, 0.15) is 33.3 Å². The van der Waals surface area contributed by atoms with Gasteiger partial charge < -0.3 is 0 Å². The van der Waals surface area contributed by atoms with E-state index in [2.05, 4.69) is 49.6 Å². The Hall–Kier alpha value is -0.950. The zero-order chi connectivity index (χ0) is 13.3. The van der Waals surface area contributed by atoms with Gasteiger partial charge in [-0.05, 0) is 35.6 Å². The molecule has 0 radical (unpaired) electrons. The summed E-state index contributed by atoms with van der Waals surface area (Å²) in [5.41, 5.74) is 1.36. The fourth-order valence-corrected chi connectivity index (χ4v) is 2.36. The second-order valence-electron chi connectivity index (χ2n) is 3.13. The Balaban J connectivity index is 0.000000581. The molecule has 0 spiro atoms. The van der Waals surface area contributed by atoms with Crippen molar-refractivity contribution in [3.63, 3.8) is 0 Å². The number of hydrogen-bond donors (Lipinski definition) is 0. The number of hydrogen-bond acceptors (Lipinski definition) is 1. The first-order valence-corrected chi connectivity index (χ1v) is 7.58. The van der Waals surface area contributed by atoms with Gasteiger partial charge in [-0.2, -0.15) is 0 Å². The summed E-state index contributed by atoms with van der Waals surface area (Å²) in [5.74, 6) is 0. The molecule has 94 valence electrons. The second-order valence-corrected chi connectivity index (χ2v) is 3.98. The van der Waals surface area contributed by atoms with Crippen LogP contribution in [0.2, 0.25) is 0 Å². The van der Waals surface area contributed by atoms with E-state index in [1.807, 2.05) is 39.5 Å². The van der Waals surface area contributed by atoms with Gasteiger partial charge in [-0.1, -0.05) is 58.0 Å². The lowest BCUT2D eigenvalue weighted by molar-refractivity contribution is 1.46. The number of rotatable bonds is 1. The summed E-state index contributed by atoms with van der Waals surface area (Å²) >= 11 is 1.81. The summed E-state index contributed by atoms with van der Waals surface area (Å²) in [6.45, 7) is 10.2. The topological polar surface area (TPSA) is 0 Å². The van der Waals surface area contributed by atoms with Crippen LogP contribution in [0.5, 0.6) is 0 Å². The first-order valence-electron chi connectivity index (χ1n) is 6.35. The third-order valence-electron chi connectivity index (χ3n) is 2.29. The molecule has 0 saturated carbocycles. The van der Waals surface area contributed by atoms with Crippen LogP contribution < -0.4 is 0 Å². The van der Waals surface area contributed by atoms with Gasteiger partial charge in [-0.3, -0.25) is 0 Å². The molecule has 1 heteroatoms. The predicted molar refractivity (Wildman–Crippen MR) is 83.2 cm³/mol. The highest BCUT2D eigenvalue weighted by Gasteiger charge is 2.00. The van der Waals surface area contributed by atoms with Crippen LogP contribution in [0, 0.1) is 6.92 Å². The van der Waals surface area contributed by atoms with E-state index in [4.69, 9.17) is 0 Å². The zero-order valence-electron chi connectivity index (χ0n) is 11.9. The van der Waals surface area contributed by atoms with Crippen LogP contribution in [0.15, 0.2) is 41.3 Å². The van der Waals surface area contributed by atoms with E-state index < -0.39 is 0 Å². The molecular weight excluding hydrogens is 224 g/mol. The molecule has 0 amide bonds. The first-order chi connectivity index (χ1) is 8.33. The third kappa shape index (κ3) is 4.08.